The zero-order valence-corrected chi connectivity index (χ0v) is 21.9. The lowest BCUT2D eigenvalue weighted by Gasteiger charge is -2.10. The Morgan fingerprint density at radius 3 is 1.51 bits per heavy atom. The standard InChI is InChI=1S/C26H22N4O4S3/c31-23(17-35-25-11-1-3-13-27-25)29-19-7-5-9-21(15-19)37(33,34)22-10-6-8-20(16-22)30-24(32)18-36-26-12-2-4-14-28-26/h1-16H,17-18H2,(H,29,31)(H,30,32). The number of aromatic nitrogens is 2. The van der Waals surface area contributed by atoms with E-state index in [1.54, 1.807) is 60.9 Å². The number of carbonyl (C=O) groups is 2. The monoisotopic (exact) mass is 550 g/mol. The Balaban J connectivity index is 1.40. The number of hydrogen-bond acceptors (Lipinski definition) is 8. The van der Waals surface area contributed by atoms with Crippen molar-refractivity contribution in [3.05, 3.63) is 97.3 Å². The Morgan fingerprint density at radius 1 is 0.649 bits per heavy atom. The summed E-state index contributed by atoms with van der Waals surface area (Å²) in [6.07, 6.45) is 3.30. The lowest BCUT2D eigenvalue weighted by Crippen LogP contribution is -2.15. The predicted molar refractivity (Wildman–Crippen MR) is 146 cm³/mol. The van der Waals surface area contributed by atoms with Crippen LogP contribution in [0.5, 0.6) is 0 Å². The molecule has 188 valence electrons. The van der Waals surface area contributed by atoms with E-state index in [4.69, 9.17) is 0 Å². The van der Waals surface area contributed by atoms with Crippen molar-refractivity contribution in [3.8, 4) is 0 Å². The fourth-order valence-corrected chi connectivity index (χ4v) is 5.83. The maximum atomic E-state index is 13.3. The number of amides is 2. The summed E-state index contributed by atoms with van der Waals surface area (Å²) < 4.78 is 26.6. The molecule has 0 fully saturated rings. The highest BCUT2D eigenvalue weighted by molar-refractivity contribution is 8.00. The Hall–Kier alpha value is -3.67. The molecule has 0 aliphatic rings. The van der Waals surface area contributed by atoms with Crippen molar-refractivity contribution in [2.24, 2.45) is 0 Å². The average molecular weight is 551 g/mol. The van der Waals surface area contributed by atoms with Gasteiger partial charge in [-0.25, -0.2) is 18.4 Å². The molecule has 0 spiro atoms. The third-order valence-electron chi connectivity index (χ3n) is 4.83. The maximum absolute atomic E-state index is 13.3. The van der Waals surface area contributed by atoms with Crippen LogP contribution in [-0.2, 0) is 19.4 Å². The van der Waals surface area contributed by atoms with E-state index in [1.165, 1.54) is 47.8 Å². The van der Waals surface area contributed by atoms with Crippen LogP contribution in [0, 0.1) is 0 Å². The van der Waals surface area contributed by atoms with Crippen molar-refractivity contribution in [3.63, 3.8) is 0 Å². The first kappa shape index (κ1) is 26.4. The third kappa shape index (κ3) is 7.66. The lowest BCUT2D eigenvalue weighted by molar-refractivity contribution is -0.114. The van der Waals surface area contributed by atoms with Gasteiger partial charge in [0.1, 0.15) is 0 Å². The topological polar surface area (TPSA) is 118 Å². The number of thioether (sulfide) groups is 2. The van der Waals surface area contributed by atoms with Crippen LogP contribution in [-0.4, -0.2) is 41.7 Å². The van der Waals surface area contributed by atoms with Crippen LogP contribution in [0.15, 0.2) is 117 Å². The van der Waals surface area contributed by atoms with Gasteiger partial charge in [-0.2, -0.15) is 0 Å². The van der Waals surface area contributed by atoms with Gasteiger partial charge < -0.3 is 10.6 Å². The van der Waals surface area contributed by atoms with E-state index < -0.39 is 9.84 Å². The number of rotatable bonds is 10. The minimum absolute atomic E-state index is 0.0249. The van der Waals surface area contributed by atoms with E-state index in [2.05, 4.69) is 20.6 Å². The highest BCUT2D eigenvalue weighted by atomic mass is 32.2. The molecular formula is C26H22N4O4S3. The van der Waals surface area contributed by atoms with Gasteiger partial charge in [0, 0.05) is 23.8 Å². The van der Waals surface area contributed by atoms with Gasteiger partial charge in [-0.05, 0) is 60.7 Å². The molecule has 2 heterocycles. The van der Waals surface area contributed by atoms with Crippen LogP contribution in [0.3, 0.4) is 0 Å². The molecule has 2 amide bonds. The first-order valence-corrected chi connectivity index (χ1v) is 14.5. The summed E-state index contributed by atoms with van der Waals surface area (Å²) in [7, 11) is -3.90. The number of nitrogens with zero attached hydrogens (tertiary/aromatic N) is 2. The van der Waals surface area contributed by atoms with Crippen LogP contribution in [0.4, 0.5) is 11.4 Å². The molecule has 0 aliphatic heterocycles. The molecule has 2 N–H and O–H groups in total. The molecule has 8 nitrogen and oxygen atoms in total. The molecule has 4 rings (SSSR count). The van der Waals surface area contributed by atoms with E-state index in [-0.39, 0.29) is 33.1 Å². The maximum Gasteiger partial charge on any atom is 0.234 e. The number of benzene rings is 2. The van der Waals surface area contributed by atoms with E-state index >= 15 is 0 Å². The molecule has 0 aliphatic carbocycles. The highest BCUT2D eigenvalue weighted by Crippen LogP contribution is 2.26. The van der Waals surface area contributed by atoms with Crippen molar-refractivity contribution in [1.82, 2.24) is 9.97 Å². The number of carbonyl (C=O) groups excluding carboxylic acids is 2. The Bertz CT molecular complexity index is 1380. The van der Waals surface area contributed by atoms with Gasteiger partial charge in [0.15, 0.2) is 0 Å². The second-order valence-electron chi connectivity index (χ2n) is 7.57. The van der Waals surface area contributed by atoms with Crippen LogP contribution >= 0.6 is 23.5 Å². The molecule has 0 saturated heterocycles. The zero-order chi connectivity index (χ0) is 26.1. The number of anilines is 2. The Morgan fingerprint density at radius 2 is 1.11 bits per heavy atom. The molecule has 0 saturated carbocycles. The van der Waals surface area contributed by atoms with Gasteiger partial charge in [0.2, 0.25) is 21.7 Å². The van der Waals surface area contributed by atoms with Gasteiger partial charge in [-0.1, -0.05) is 47.8 Å². The zero-order valence-electron chi connectivity index (χ0n) is 19.4. The summed E-state index contributed by atoms with van der Waals surface area (Å²) in [5.74, 6) is -0.292. The summed E-state index contributed by atoms with van der Waals surface area (Å²) in [5, 5.41) is 6.89. The summed E-state index contributed by atoms with van der Waals surface area (Å²) in [6.45, 7) is 0. The molecule has 11 heteroatoms. The van der Waals surface area contributed by atoms with Gasteiger partial charge in [-0.3, -0.25) is 9.59 Å². The Kier molecular flexibility index (Phi) is 8.94. The van der Waals surface area contributed by atoms with E-state index in [9.17, 15) is 18.0 Å². The van der Waals surface area contributed by atoms with Crippen molar-refractivity contribution in [2.45, 2.75) is 19.8 Å². The van der Waals surface area contributed by atoms with Crippen LogP contribution < -0.4 is 10.6 Å². The van der Waals surface area contributed by atoms with Crippen molar-refractivity contribution in [2.75, 3.05) is 22.1 Å². The molecular weight excluding hydrogens is 529 g/mol. The number of nitrogens with one attached hydrogen (secondary N) is 2. The van der Waals surface area contributed by atoms with Crippen LogP contribution in [0.25, 0.3) is 0 Å². The molecule has 0 unspecified atom stereocenters. The summed E-state index contributed by atoms with van der Waals surface area (Å²) in [6, 6.07) is 23.0. The SMILES string of the molecule is O=C(CSc1ccccn1)Nc1cccc(S(=O)(=O)c2cccc(NC(=O)CSc3ccccn3)c2)c1. The first-order chi connectivity index (χ1) is 17.9. The molecule has 0 radical (unpaired) electrons. The lowest BCUT2D eigenvalue weighted by atomic mass is 10.3. The fourth-order valence-electron chi connectivity index (χ4n) is 3.16. The van der Waals surface area contributed by atoms with Gasteiger partial charge in [0.05, 0.1) is 31.3 Å². The minimum atomic E-state index is -3.90. The number of sulfone groups is 1. The second kappa shape index (κ2) is 12.5. The van der Waals surface area contributed by atoms with E-state index in [1.807, 2.05) is 12.1 Å². The van der Waals surface area contributed by atoms with Crippen LogP contribution in [0.1, 0.15) is 0 Å². The van der Waals surface area contributed by atoms with Gasteiger partial charge in [0.25, 0.3) is 0 Å². The largest absolute Gasteiger partial charge is 0.325 e. The molecule has 2 aromatic heterocycles. The van der Waals surface area contributed by atoms with Crippen molar-refractivity contribution in [1.29, 1.82) is 0 Å². The molecule has 0 bridgehead atoms. The van der Waals surface area contributed by atoms with Crippen molar-refractivity contribution >= 4 is 56.6 Å². The third-order valence-corrected chi connectivity index (χ3v) is 8.47. The smallest absolute Gasteiger partial charge is 0.234 e. The fraction of sp³-hybridized carbons (Fsp3) is 0.0769. The Labute approximate surface area is 223 Å². The van der Waals surface area contributed by atoms with Gasteiger partial charge >= 0.3 is 0 Å². The second-order valence-corrected chi connectivity index (χ2v) is 11.5. The highest BCUT2D eigenvalue weighted by Gasteiger charge is 2.19. The van der Waals surface area contributed by atoms with E-state index in [0.717, 1.165) is 10.1 Å². The summed E-state index contributed by atoms with van der Waals surface area (Å²) >= 11 is 2.56. The minimum Gasteiger partial charge on any atom is -0.325 e. The average Bonchev–Trinajstić information content (AvgIpc) is 2.92. The molecule has 2 aromatic carbocycles. The number of pyridine rings is 2. The first-order valence-electron chi connectivity index (χ1n) is 11.0. The quantitative estimate of drug-likeness (QED) is 0.271. The molecule has 0 atom stereocenters. The van der Waals surface area contributed by atoms with Crippen LogP contribution in [0.2, 0.25) is 0 Å². The predicted octanol–water partition coefficient (Wildman–Crippen LogP) is 4.77. The summed E-state index contributed by atoms with van der Waals surface area (Å²) in [5.41, 5.74) is 0.729. The molecule has 37 heavy (non-hydrogen) atoms. The van der Waals surface area contributed by atoms with Gasteiger partial charge in [-0.15, -0.1) is 0 Å². The van der Waals surface area contributed by atoms with Crippen molar-refractivity contribution < 1.29 is 18.0 Å². The molecule has 4 aromatic rings. The number of hydrogen-bond donors (Lipinski definition) is 2. The van der Waals surface area contributed by atoms with E-state index in [0.29, 0.717) is 11.4 Å². The normalized spacial score (nSPS) is 11.0. The summed E-state index contributed by atoms with van der Waals surface area (Å²) in [4.78, 5) is 33.1.